The van der Waals surface area contributed by atoms with Crippen LogP contribution < -0.4 is 5.73 Å². The summed E-state index contributed by atoms with van der Waals surface area (Å²) >= 11 is 0. The second kappa shape index (κ2) is 2.44. The third kappa shape index (κ3) is 1.08. The zero-order valence-electron chi connectivity index (χ0n) is 7.05. The van der Waals surface area contributed by atoms with Gasteiger partial charge in [-0.25, -0.2) is 0 Å². The molecular formula is C8H16N2O. The van der Waals surface area contributed by atoms with Crippen molar-refractivity contribution < 1.29 is 4.74 Å². The standard InChI is InChI=1S/C8H16N2O/c1-10-4-7(9)8(5-10)2-3-11-6-8/h7H,2-6,9H2,1H3. The van der Waals surface area contributed by atoms with Gasteiger partial charge in [0.15, 0.2) is 0 Å². The summed E-state index contributed by atoms with van der Waals surface area (Å²) in [4.78, 5) is 2.30. The Morgan fingerprint density at radius 1 is 1.64 bits per heavy atom. The maximum atomic E-state index is 6.04. The van der Waals surface area contributed by atoms with E-state index in [4.69, 9.17) is 10.5 Å². The molecule has 2 saturated heterocycles. The molecular weight excluding hydrogens is 140 g/mol. The third-order valence-corrected chi connectivity index (χ3v) is 3.01. The molecule has 0 radical (unpaired) electrons. The number of hydrogen-bond acceptors (Lipinski definition) is 3. The Morgan fingerprint density at radius 2 is 2.45 bits per heavy atom. The van der Waals surface area contributed by atoms with Gasteiger partial charge in [0, 0.05) is 31.2 Å². The molecule has 1 spiro atoms. The van der Waals surface area contributed by atoms with Gasteiger partial charge >= 0.3 is 0 Å². The monoisotopic (exact) mass is 156 g/mol. The Morgan fingerprint density at radius 3 is 2.91 bits per heavy atom. The van der Waals surface area contributed by atoms with Crippen molar-refractivity contribution in [3.63, 3.8) is 0 Å². The SMILES string of the molecule is CN1CC(N)C2(CCOC2)C1. The molecule has 0 amide bonds. The first kappa shape index (κ1) is 7.53. The lowest BCUT2D eigenvalue weighted by Gasteiger charge is -2.24. The lowest BCUT2D eigenvalue weighted by Crippen LogP contribution is -2.40. The maximum Gasteiger partial charge on any atom is 0.0550 e. The topological polar surface area (TPSA) is 38.5 Å². The van der Waals surface area contributed by atoms with Gasteiger partial charge in [-0.2, -0.15) is 0 Å². The second-order valence-electron chi connectivity index (χ2n) is 3.97. The van der Waals surface area contributed by atoms with Crippen molar-refractivity contribution in [2.24, 2.45) is 11.1 Å². The van der Waals surface area contributed by atoms with Gasteiger partial charge in [0.25, 0.3) is 0 Å². The summed E-state index contributed by atoms with van der Waals surface area (Å²) in [5.74, 6) is 0. The average Bonchev–Trinajstić information content (AvgIpc) is 2.45. The first-order valence-corrected chi connectivity index (χ1v) is 4.25. The molecule has 0 aliphatic carbocycles. The van der Waals surface area contributed by atoms with Gasteiger partial charge in [0.05, 0.1) is 6.61 Å². The molecule has 0 aromatic carbocycles. The fraction of sp³-hybridized carbons (Fsp3) is 1.00. The number of rotatable bonds is 0. The number of likely N-dealkylation sites (N-methyl/N-ethyl adjacent to an activating group) is 1. The minimum atomic E-state index is 0.300. The molecule has 2 heterocycles. The summed E-state index contributed by atoms with van der Waals surface area (Å²) in [5.41, 5.74) is 6.34. The number of nitrogens with two attached hydrogens (primary N) is 1. The predicted molar refractivity (Wildman–Crippen MR) is 43.3 cm³/mol. The van der Waals surface area contributed by atoms with Crippen LogP contribution in [0.2, 0.25) is 0 Å². The molecule has 0 aromatic rings. The van der Waals surface area contributed by atoms with Crippen molar-refractivity contribution >= 4 is 0 Å². The summed E-state index contributed by atoms with van der Waals surface area (Å²) in [6.45, 7) is 3.93. The molecule has 3 nitrogen and oxygen atoms in total. The van der Waals surface area contributed by atoms with Crippen LogP contribution in [0.4, 0.5) is 0 Å². The number of hydrogen-bond donors (Lipinski definition) is 1. The Balaban J connectivity index is 2.12. The summed E-state index contributed by atoms with van der Waals surface area (Å²) in [6.07, 6.45) is 1.15. The largest absolute Gasteiger partial charge is 0.381 e. The van der Waals surface area contributed by atoms with E-state index in [1.165, 1.54) is 0 Å². The molecule has 64 valence electrons. The van der Waals surface area contributed by atoms with Crippen molar-refractivity contribution in [1.29, 1.82) is 0 Å². The predicted octanol–water partition coefficient (Wildman–Crippen LogP) is -0.334. The first-order valence-electron chi connectivity index (χ1n) is 4.25. The second-order valence-corrected chi connectivity index (χ2v) is 3.97. The van der Waals surface area contributed by atoms with Crippen molar-refractivity contribution in [1.82, 2.24) is 4.90 Å². The van der Waals surface area contributed by atoms with E-state index >= 15 is 0 Å². The van der Waals surface area contributed by atoms with Crippen LogP contribution in [0.5, 0.6) is 0 Å². The van der Waals surface area contributed by atoms with E-state index in [2.05, 4.69) is 11.9 Å². The van der Waals surface area contributed by atoms with Crippen LogP contribution in [0.25, 0.3) is 0 Å². The average molecular weight is 156 g/mol. The van der Waals surface area contributed by atoms with Gasteiger partial charge in [-0.3, -0.25) is 0 Å². The van der Waals surface area contributed by atoms with Gasteiger partial charge in [-0.15, -0.1) is 0 Å². The lowest BCUT2D eigenvalue weighted by molar-refractivity contribution is 0.148. The van der Waals surface area contributed by atoms with Crippen molar-refractivity contribution in [3.05, 3.63) is 0 Å². The molecule has 0 saturated carbocycles. The Labute approximate surface area is 67.5 Å². The molecule has 2 fully saturated rings. The van der Waals surface area contributed by atoms with E-state index < -0.39 is 0 Å². The van der Waals surface area contributed by atoms with E-state index in [1.54, 1.807) is 0 Å². The van der Waals surface area contributed by atoms with Crippen molar-refractivity contribution in [2.75, 3.05) is 33.4 Å². The van der Waals surface area contributed by atoms with E-state index in [-0.39, 0.29) is 0 Å². The molecule has 2 aliphatic heterocycles. The highest BCUT2D eigenvalue weighted by Crippen LogP contribution is 2.36. The number of nitrogens with zero attached hydrogens (tertiary/aromatic N) is 1. The fourth-order valence-corrected chi connectivity index (χ4v) is 2.29. The van der Waals surface area contributed by atoms with Crippen LogP contribution in [-0.4, -0.2) is 44.3 Å². The normalized spacial score (nSPS) is 45.8. The molecule has 2 unspecified atom stereocenters. The third-order valence-electron chi connectivity index (χ3n) is 3.01. The van der Waals surface area contributed by atoms with Crippen LogP contribution in [0.3, 0.4) is 0 Å². The Hall–Kier alpha value is -0.120. The van der Waals surface area contributed by atoms with Gasteiger partial charge in [0.2, 0.25) is 0 Å². The van der Waals surface area contributed by atoms with Crippen LogP contribution in [0.1, 0.15) is 6.42 Å². The van der Waals surface area contributed by atoms with Crippen molar-refractivity contribution in [3.8, 4) is 0 Å². The zero-order chi connectivity index (χ0) is 7.90. The Kier molecular flexibility index (Phi) is 1.67. The molecule has 2 rings (SSSR count). The molecule has 2 aliphatic rings. The quantitative estimate of drug-likeness (QED) is 0.522. The number of likely N-dealkylation sites (tertiary alicyclic amines) is 1. The fourth-order valence-electron chi connectivity index (χ4n) is 2.29. The van der Waals surface area contributed by atoms with Gasteiger partial charge in [-0.05, 0) is 13.5 Å². The van der Waals surface area contributed by atoms with Gasteiger partial charge in [0.1, 0.15) is 0 Å². The van der Waals surface area contributed by atoms with Crippen LogP contribution in [0, 0.1) is 5.41 Å². The van der Waals surface area contributed by atoms with E-state index in [0.29, 0.717) is 11.5 Å². The van der Waals surface area contributed by atoms with Crippen LogP contribution >= 0.6 is 0 Å². The van der Waals surface area contributed by atoms with Crippen LogP contribution in [0.15, 0.2) is 0 Å². The molecule has 2 atom stereocenters. The van der Waals surface area contributed by atoms with E-state index in [9.17, 15) is 0 Å². The summed E-state index contributed by atoms with van der Waals surface area (Å²) < 4.78 is 5.39. The zero-order valence-corrected chi connectivity index (χ0v) is 7.05. The van der Waals surface area contributed by atoms with E-state index in [0.717, 1.165) is 32.7 Å². The minimum absolute atomic E-state index is 0.300. The smallest absolute Gasteiger partial charge is 0.0550 e. The van der Waals surface area contributed by atoms with E-state index in [1.807, 2.05) is 0 Å². The highest BCUT2D eigenvalue weighted by Gasteiger charge is 2.46. The summed E-state index contributed by atoms with van der Waals surface area (Å²) in [5, 5.41) is 0. The van der Waals surface area contributed by atoms with Crippen LogP contribution in [-0.2, 0) is 4.74 Å². The summed E-state index contributed by atoms with van der Waals surface area (Å²) in [7, 11) is 2.13. The highest BCUT2D eigenvalue weighted by molar-refractivity contribution is 5.00. The molecule has 0 bridgehead atoms. The van der Waals surface area contributed by atoms with Crippen molar-refractivity contribution in [2.45, 2.75) is 12.5 Å². The molecule has 0 aromatic heterocycles. The highest BCUT2D eigenvalue weighted by atomic mass is 16.5. The maximum absolute atomic E-state index is 6.04. The lowest BCUT2D eigenvalue weighted by atomic mass is 9.83. The first-order chi connectivity index (χ1) is 5.23. The minimum Gasteiger partial charge on any atom is -0.381 e. The van der Waals surface area contributed by atoms with Gasteiger partial charge < -0.3 is 15.4 Å². The number of ether oxygens (including phenoxy) is 1. The summed E-state index contributed by atoms with van der Waals surface area (Å²) in [6, 6.07) is 0.329. The molecule has 11 heavy (non-hydrogen) atoms. The molecule has 3 heteroatoms. The molecule has 2 N–H and O–H groups in total. The van der Waals surface area contributed by atoms with Gasteiger partial charge in [-0.1, -0.05) is 0 Å². The Bertz CT molecular complexity index is 154.